The molecule has 0 N–H and O–H groups in total. The second-order valence-electron chi connectivity index (χ2n) is 4.00. The first-order chi connectivity index (χ1) is 8.72. The smallest absolute Gasteiger partial charge is 0.192 e. The molecule has 98 valence electrons. The molecule has 1 aromatic heterocycles. The molecule has 3 nitrogen and oxygen atoms in total. The van der Waals surface area contributed by atoms with Crippen LogP contribution < -0.4 is 10.2 Å². The van der Waals surface area contributed by atoms with Gasteiger partial charge in [0.15, 0.2) is 5.43 Å². The largest absolute Gasteiger partial charge is 0.497 e. The molecule has 0 spiro atoms. The Bertz CT molecular complexity index is 526. The number of fused-ring (bicyclic) bond motifs is 1. The Balaban J connectivity index is 0.000000280. The number of methoxy groups -OCH3 is 1. The van der Waals surface area contributed by atoms with Crippen LogP contribution >= 0.6 is 0 Å². The van der Waals surface area contributed by atoms with E-state index in [1.807, 2.05) is 0 Å². The predicted octanol–water partition coefficient (Wildman–Crippen LogP) is 4.00. The number of unbranched alkanes of at least 4 members (excludes halogenated alkanes) is 2. The van der Waals surface area contributed by atoms with E-state index in [0.717, 1.165) is 0 Å². The zero-order chi connectivity index (χ0) is 13.4. The lowest BCUT2D eigenvalue weighted by Crippen LogP contribution is -1.97. The summed E-state index contributed by atoms with van der Waals surface area (Å²) in [5.74, 6) is 0.682. The minimum absolute atomic E-state index is 0.0381. The van der Waals surface area contributed by atoms with Crippen molar-refractivity contribution in [1.82, 2.24) is 0 Å². The maximum atomic E-state index is 11.3. The highest BCUT2D eigenvalue weighted by atomic mass is 16.5. The number of ether oxygens (including phenoxy) is 1. The van der Waals surface area contributed by atoms with Gasteiger partial charge in [0.1, 0.15) is 11.3 Å². The quantitative estimate of drug-likeness (QED) is 0.824. The molecule has 0 saturated carbocycles. The summed E-state index contributed by atoms with van der Waals surface area (Å²) in [6.45, 7) is 4.42. The van der Waals surface area contributed by atoms with Gasteiger partial charge in [-0.15, -0.1) is 0 Å². The Morgan fingerprint density at radius 1 is 1.17 bits per heavy atom. The molecule has 18 heavy (non-hydrogen) atoms. The van der Waals surface area contributed by atoms with Crippen LogP contribution in [0.1, 0.15) is 33.1 Å². The van der Waals surface area contributed by atoms with Crippen LogP contribution in [0.4, 0.5) is 0 Å². The first-order valence-corrected chi connectivity index (χ1v) is 6.28. The van der Waals surface area contributed by atoms with E-state index in [1.54, 1.807) is 25.3 Å². The van der Waals surface area contributed by atoms with Gasteiger partial charge in [-0.1, -0.05) is 33.1 Å². The fraction of sp³-hybridized carbons (Fsp3) is 0.400. The minimum Gasteiger partial charge on any atom is -0.497 e. The number of benzene rings is 1. The molecule has 0 aliphatic heterocycles. The molecule has 2 aromatic rings. The monoisotopic (exact) mass is 248 g/mol. The summed E-state index contributed by atoms with van der Waals surface area (Å²) in [5, 5.41) is 0.573. The highest BCUT2D eigenvalue weighted by Crippen LogP contribution is 2.17. The maximum Gasteiger partial charge on any atom is 0.192 e. The van der Waals surface area contributed by atoms with E-state index in [2.05, 4.69) is 13.8 Å². The van der Waals surface area contributed by atoms with Crippen molar-refractivity contribution in [3.63, 3.8) is 0 Å². The van der Waals surface area contributed by atoms with Crippen LogP contribution in [0.3, 0.4) is 0 Å². The number of hydrogen-bond acceptors (Lipinski definition) is 3. The Kier molecular flexibility index (Phi) is 5.98. The molecule has 0 aliphatic carbocycles. The van der Waals surface area contributed by atoms with Gasteiger partial charge in [-0.05, 0) is 12.1 Å². The van der Waals surface area contributed by atoms with Gasteiger partial charge >= 0.3 is 0 Å². The average Bonchev–Trinajstić information content (AvgIpc) is 2.40. The van der Waals surface area contributed by atoms with Crippen molar-refractivity contribution in [2.24, 2.45) is 0 Å². The molecule has 0 aliphatic rings. The third kappa shape index (κ3) is 3.91. The van der Waals surface area contributed by atoms with Crippen LogP contribution in [0.5, 0.6) is 5.75 Å². The normalized spacial score (nSPS) is 9.72. The zero-order valence-corrected chi connectivity index (χ0v) is 11.2. The molecular weight excluding hydrogens is 228 g/mol. The first-order valence-electron chi connectivity index (χ1n) is 6.28. The van der Waals surface area contributed by atoms with Crippen molar-refractivity contribution >= 4 is 11.0 Å². The molecule has 0 bridgehead atoms. The lowest BCUT2D eigenvalue weighted by molar-refractivity contribution is 0.414. The van der Waals surface area contributed by atoms with Gasteiger partial charge in [0.2, 0.25) is 0 Å². The summed E-state index contributed by atoms with van der Waals surface area (Å²) in [6, 6.07) is 6.52. The van der Waals surface area contributed by atoms with E-state index in [4.69, 9.17) is 9.15 Å². The number of rotatable bonds is 3. The minimum atomic E-state index is -0.0381. The lowest BCUT2D eigenvalue weighted by Gasteiger charge is -1.99. The van der Waals surface area contributed by atoms with Crippen LogP contribution in [0.2, 0.25) is 0 Å². The Morgan fingerprint density at radius 3 is 2.44 bits per heavy atom. The maximum absolute atomic E-state index is 11.3. The number of hydrogen-bond donors (Lipinski definition) is 0. The second-order valence-corrected chi connectivity index (χ2v) is 4.00. The fourth-order valence-electron chi connectivity index (χ4n) is 1.54. The SMILES string of the molecule is CCCCC.COc1ccc2c(=O)ccoc2c1. The van der Waals surface area contributed by atoms with Gasteiger partial charge in [-0.3, -0.25) is 4.79 Å². The molecular formula is C15H20O3. The standard InChI is InChI=1S/C10H8O3.C5H12/c1-12-7-2-3-8-9(11)4-5-13-10(8)6-7;1-3-5-4-2/h2-6H,1H3;3-5H2,1-2H3. The van der Waals surface area contributed by atoms with Crippen molar-refractivity contribution in [2.75, 3.05) is 7.11 Å². The molecule has 2 rings (SSSR count). The highest BCUT2D eigenvalue weighted by molar-refractivity contribution is 5.77. The zero-order valence-electron chi connectivity index (χ0n) is 11.2. The average molecular weight is 248 g/mol. The first kappa shape index (κ1) is 14.3. The van der Waals surface area contributed by atoms with E-state index in [-0.39, 0.29) is 5.43 Å². The third-order valence-electron chi connectivity index (χ3n) is 2.58. The summed E-state index contributed by atoms with van der Waals surface area (Å²) >= 11 is 0. The summed E-state index contributed by atoms with van der Waals surface area (Å²) in [4.78, 5) is 11.3. The van der Waals surface area contributed by atoms with Gasteiger partial charge in [0.25, 0.3) is 0 Å². The van der Waals surface area contributed by atoms with Crippen LogP contribution in [0.25, 0.3) is 11.0 Å². The van der Waals surface area contributed by atoms with E-state index in [0.29, 0.717) is 16.7 Å². The summed E-state index contributed by atoms with van der Waals surface area (Å²) < 4.78 is 10.2. The molecule has 1 aromatic carbocycles. The molecule has 0 saturated heterocycles. The topological polar surface area (TPSA) is 39.4 Å². The van der Waals surface area contributed by atoms with E-state index >= 15 is 0 Å². The summed E-state index contributed by atoms with van der Waals surface area (Å²) in [5.41, 5.74) is 0.510. The molecule has 0 radical (unpaired) electrons. The summed E-state index contributed by atoms with van der Waals surface area (Å²) in [7, 11) is 1.57. The lowest BCUT2D eigenvalue weighted by atomic mass is 10.2. The molecule has 0 amide bonds. The van der Waals surface area contributed by atoms with E-state index < -0.39 is 0 Å². The van der Waals surface area contributed by atoms with Crippen molar-refractivity contribution < 1.29 is 9.15 Å². The van der Waals surface area contributed by atoms with Crippen LogP contribution in [0.15, 0.2) is 39.7 Å². The summed E-state index contributed by atoms with van der Waals surface area (Å²) in [6.07, 6.45) is 5.46. The Morgan fingerprint density at radius 2 is 1.89 bits per heavy atom. The Hall–Kier alpha value is -1.77. The van der Waals surface area contributed by atoms with Crippen LogP contribution in [0, 0.1) is 0 Å². The van der Waals surface area contributed by atoms with Gasteiger partial charge in [-0.25, -0.2) is 0 Å². The highest BCUT2D eigenvalue weighted by Gasteiger charge is 2.00. The van der Waals surface area contributed by atoms with Crippen LogP contribution in [-0.4, -0.2) is 7.11 Å². The van der Waals surface area contributed by atoms with E-state index in [9.17, 15) is 4.79 Å². The molecule has 1 heterocycles. The van der Waals surface area contributed by atoms with Crippen LogP contribution in [-0.2, 0) is 0 Å². The predicted molar refractivity (Wildman–Crippen MR) is 74.2 cm³/mol. The second kappa shape index (κ2) is 7.54. The van der Waals surface area contributed by atoms with Crippen molar-refractivity contribution in [3.8, 4) is 5.75 Å². The molecule has 0 unspecified atom stereocenters. The molecule has 0 fully saturated rings. The van der Waals surface area contributed by atoms with Gasteiger partial charge in [0.05, 0.1) is 18.8 Å². The van der Waals surface area contributed by atoms with Gasteiger partial charge in [-0.2, -0.15) is 0 Å². The van der Waals surface area contributed by atoms with E-state index in [1.165, 1.54) is 31.6 Å². The van der Waals surface area contributed by atoms with Crippen molar-refractivity contribution in [2.45, 2.75) is 33.1 Å². The molecule has 3 heteroatoms. The van der Waals surface area contributed by atoms with Gasteiger partial charge in [0, 0.05) is 12.1 Å². The fourth-order valence-corrected chi connectivity index (χ4v) is 1.54. The Labute approximate surface area is 107 Å². The third-order valence-corrected chi connectivity index (χ3v) is 2.58. The van der Waals surface area contributed by atoms with Crippen molar-refractivity contribution in [1.29, 1.82) is 0 Å². The molecule has 0 atom stereocenters. The van der Waals surface area contributed by atoms with Gasteiger partial charge < -0.3 is 9.15 Å². The van der Waals surface area contributed by atoms with Crippen molar-refractivity contribution in [3.05, 3.63) is 40.8 Å².